The fraction of sp³-hybridized carbons (Fsp3) is 0.923. The number of carbonyl (C=O) groups is 1. The van der Waals surface area contributed by atoms with Crippen LogP contribution in [0.5, 0.6) is 0 Å². The fourth-order valence-corrected chi connectivity index (χ4v) is 3.98. The Morgan fingerprint density at radius 1 is 1.37 bits per heavy atom. The number of fused-ring (bicyclic) bond motifs is 2. The normalized spacial score (nSPS) is 31.7. The van der Waals surface area contributed by atoms with Crippen molar-refractivity contribution in [3.05, 3.63) is 0 Å². The predicted octanol–water partition coefficient (Wildman–Crippen LogP) is 0.819. The molecule has 110 valence electrons. The van der Waals surface area contributed by atoms with Crippen molar-refractivity contribution in [2.24, 2.45) is 17.8 Å². The molecule has 6 heteroatoms. The molecule has 0 aromatic rings. The van der Waals surface area contributed by atoms with Gasteiger partial charge < -0.3 is 5.32 Å². The largest absolute Gasteiger partial charge is 0.352 e. The number of nitrogens with one attached hydrogen (secondary N) is 1. The molecule has 1 amide bonds. The van der Waals surface area contributed by atoms with Crippen molar-refractivity contribution in [1.29, 1.82) is 0 Å². The highest BCUT2D eigenvalue weighted by atomic mass is 32.2. The van der Waals surface area contributed by atoms with Gasteiger partial charge in [-0.15, -0.1) is 0 Å². The van der Waals surface area contributed by atoms with E-state index in [0.29, 0.717) is 5.92 Å². The first kappa shape index (κ1) is 14.8. The minimum absolute atomic E-state index is 0.0933. The third-order valence-corrected chi connectivity index (χ3v) is 6.02. The zero-order valence-electron chi connectivity index (χ0n) is 11.9. The van der Waals surface area contributed by atoms with Gasteiger partial charge in [-0.05, 0) is 43.9 Å². The number of nitrogens with zero attached hydrogens (tertiary/aromatic N) is 1. The Morgan fingerprint density at radius 3 is 2.53 bits per heavy atom. The lowest BCUT2D eigenvalue weighted by molar-refractivity contribution is -0.122. The molecule has 1 N–H and O–H groups in total. The number of carbonyl (C=O) groups excluding carboxylic acids is 1. The second-order valence-electron chi connectivity index (χ2n) is 6.21. The molecule has 0 heterocycles. The van der Waals surface area contributed by atoms with E-state index >= 15 is 0 Å². The molecule has 5 nitrogen and oxygen atoms in total. The summed E-state index contributed by atoms with van der Waals surface area (Å²) in [7, 11) is -1.86. The molecule has 2 bridgehead atoms. The first-order chi connectivity index (χ1) is 8.77. The minimum atomic E-state index is -3.29. The molecule has 0 radical (unpaired) electrons. The van der Waals surface area contributed by atoms with Crippen molar-refractivity contribution < 1.29 is 13.2 Å². The Kier molecular flexibility index (Phi) is 4.20. The van der Waals surface area contributed by atoms with Gasteiger partial charge in [0.25, 0.3) is 0 Å². The minimum Gasteiger partial charge on any atom is -0.352 e. The Balaban J connectivity index is 1.82. The molecule has 4 atom stereocenters. The average molecular weight is 288 g/mol. The van der Waals surface area contributed by atoms with Crippen LogP contribution in [0, 0.1) is 17.8 Å². The van der Waals surface area contributed by atoms with Gasteiger partial charge >= 0.3 is 0 Å². The van der Waals surface area contributed by atoms with E-state index in [1.54, 1.807) is 0 Å². The molecular weight excluding hydrogens is 264 g/mol. The van der Waals surface area contributed by atoms with Gasteiger partial charge in [-0.3, -0.25) is 4.79 Å². The van der Waals surface area contributed by atoms with Crippen LogP contribution in [0.3, 0.4) is 0 Å². The van der Waals surface area contributed by atoms with E-state index < -0.39 is 10.0 Å². The SMILES string of the molecule is CC(NC(=O)CN(C)S(C)(=O)=O)C1CC2CCC1C2. The fourth-order valence-electron chi connectivity index (χ4n) is 3.63. The van der Waals surface area contributed by atoms with Crippen molar-refractivity contribution >= 4 is 15.9 Å². The third-order valence-electron chi connectivity index (χ3n) is 4.76. The lowest BCUT2D eigenvalue weighted by atomic mass is 9.84. The van der Waals surface area contributed by atoms with Crippen LogP contribution in [0.25, 0.3) is 0 Å². The Hall–Kier alpha value is -0.620. The van der Waals surface area contributed by atoms with Crippen LogP contribution in [0.15, 0.2) is 0 Å². The van der Waals surface area contributed by atoms with Crippen molar-refractivity contribution in [2.75, 3.05) is 19.8 Å². The summed E-state index contributed by atoms with van der Waals surface area (Å²) in [5, 5.41) is 2.96. The number of rotatable bonds is 5. The standard InChI is InChI=1S/C13H24N2O3S/c1-9(12-7-10-4-5-11(12)6-10)14-13(16)8-15(2)19(3,17)18/h9-12H,4-8H2,1-3H3,(H,14,16). The molecule has 0 aromatic heterocycles. The molecule has 2 aliphatic carbocycles. The Bertz CT molecular complexity index is 449. The zero-order chi connectivity index (χ0) is 14.2. The van der Waals surface area contributed by atoms with Gasteiger partial charge in [-0.1, -0.05) is 6.42 Å². The first-order valence-electron chi connectivity index (χ1n) is 6.98. The molecule has 19 heavy (non-hydrogen) atoms. The summed E-state index contributed by atoms with van der Waals surface area (Å²) in [5.41, 5.74) is 0. The first-order valence-corrected chi connectivity index (χ1v) is 8.83. The summed E-state index contributed by atoms with van der Waals surface area (Å²) in [5.74, 6) is 1.98. The summed E-state index contributed by atoms with van der Waals surface area (Å²) in [6.07, 6.45) is 6.28. The maximum atomic E-state index is 11.9. The summed E-state index contributed by atoms with van der Waals surface area (Å²) in [4.78, 5) is 11.9. The van der Waals surface area contributed by atoms with Crippen LogP contribution in [-0.4, -0.2) is 44.5 Å². The average Bonchev–Trinajstić information content (AvgIpc) is 2.88. The van der Waals surface area contributed by atoms with Gasteiger partial charge in [0, 0.05) is 13.1 Å². The molecular formula is C13H24N2O3S. The van der Waals surface area contributed by atoms with E-state index in [2.05, 4.69) is 5.32 Å². The van der Waals surface area contributed by atoms with E-state index in [-0.39, 0.29) is 18.5 Å². The second-order valence-corrected chi connectivity index (χ2v) is 8.30. The molecule has 2 saturated carbocycles. The van der Waals surface area contributed by atoms with Gasteiger partial charge in [-0.2, -0.15) is 4.31 Å². The van der Waals surface area contributed by atoms with Crippen molar-refractivity contribution in [1.82, 2.24) is 9.62 Å². The van der Waals surface area contributed by atoms with E-state index in [1.165, 1.54) is 32.7 Å². The van der Waals surface area contributed by atoms with Gasteiger partial charge in [-0.25, -0.2) is 8.42 Å². The summed E-state index contributed by atoms with van der Waals surface area (Å²) < 4.78 is 23.6. The van der Waals surface area contributed by atoms with Crippen LogP contribution in [0.4, 0.5) is 0 Å². The summed E-state index contributed by atoms with van der Waals surface area (Å²) >= 11 is 0. The van der Waals surface area contributed by atoms with Crippen molar-refractivity contribution in [3.8, 4) is 0 Å². The Labute approximate surface area is 115 Å². The number of sulfonamides is 1. The lowest BCUT2D eigenvalue weighted by Gasteiger charge is -2.29. The smallest absolute Gasteiger partial charge is 0.235 e. The molecule has 4 unspecified atom stereocenters. The number of likely N-dealkylation sites (N-methyl/N-ethyl adjacent to an activating group) is 1. The topological polar surface area (TPSA) is 66.5 Å². The number of amides is 1. The highest BCUT2D eigenvalue weighted by molar-refractivity contribution is 7.88. The van der Waals surface area contributed by atoms with Crippen LogP contribution >= 0.6 is 0 Å². The van der Waals surface area contributed by atoms with E-state index in [4.69, 9.17) is 0 Å². The monoisotopic (exact) mass is 288 g/mol. The number of hydrogen-bond donors (Lipinski definition) is 1. The summed E-state index contributed by atoms with van der Waals surface area (Å²) in [6.45, 7) is 1.95. The highest BCUT2D eigenvalue weighted by Crippen LogP contribution is 2.49. The van der Waals surface area contributed by atoms with E-state index in [1.807, 2.05) is 6.92 Å². The van der Waals surface area contributed by atoms with Crippen LogP contribution < -0.4 is 5.32 Å². The van der Waals surface area contributed by atoms with Gasteiger partial charge in [0.15, 0.2) is 0 Å². The molecule has 0 spiro atoms. The van der Waals surface area contributed by atoms with Crippen LogP contribution in [0.1, 0.15) is 32.6 Å². The van der Waals surface area contributed by atoms with E-state index in [0.717, 1.165) is 22.4 Å². The molecule has 2 rings (SSSR count). The lowest BCUT2D eigenvalue weighted by Crippen LogP contribution is -2.45. The molecule has 0 aromatic carbocycles. The van der Waals surface area contributed by atoms with Crippen LogP contribution in [-0.2, 0) is 14.8 Å². The van der Waals surface area contributed by atoms with Gasteiger partial charge in [0.1, 0.15) is 0 Å². The van der Waals surface area contributed by atoms with Gasteiger partial charge in [0.05, 0.1) is 12.8 Å². The quantitative estimate of drug-likeness (QED) is 0.814. The number of hydrogen-bond acceptors (Lipinski definition) is 3. The Morgan fingerprint density at radius 2 is 2.05 bits per heavy atom. The molecule has 2 fully saturated rings. The molecule has 2 aliphatic rings. The van der Waals surface area contributed by atoms with E-state index in [9.17, 15) is 13.2 Å². The van der Waals surface area contributed by atoms with Crippen molar-refractivity contribution in [2.45, 2.75) is 38.6 Å². The highest BCUT2D eigenvalue weighted by Gasteiger charge is 2.42. The maximum absolute atomic E-state index is 11.9. The van der Waals surface area contributed by atoms with Crippen LogP contribution in [0.2, 0.25) is 0 Å². The predicted molar refractivity (Wildman–Crippen MR) is 74.0 cm³/mol. The maximum Gasteiger partial charge on any atom is 0.235 e. The third kappa shape index (κ3) is 3.48. The molecule has 0 saturated heterocycles. The molecule has 0 aliphatic heterocycles. The second kappa shape index (κ2) is 5.40. The van der Waals surface area contributed by atoms with Crippen molar-refractivity contribution in [3.63, 3.8) is 0 Å². The zero-order valence-corrected chi connectivity index (χ0v) is 12.7. The van der Waals surface area contributed by atoms with Gasteiger partial charge in [0.2, 0.25) is 15.9 Å². The summed E-state index contributed by atoms with van der Waals surface area (Å²) in [6, 6.07) is 0.149.